The van der Waals surface area contributed by atoms with Crippen LogP contribution in [0.4, 0.5) is 0 Å². The van der Waals surface area contributed by atoms with Crippen LogP contribution in [0.3, 0.4) is 0 Å². The van der Waals surface area contributed by atoms with Crippen molar-refractivity contribution in [1.82, 2.24) is 0 Å². The fourth-order valence-corrected chi connectivity index (χ4v) is 6.55. The number of fused-ring (bicyclic) bond motifs is 5. The molecule has 2 atom stereocenters. The van der Waals surface area contributed by atoms with E-state index in [1.54, 1.807) is 6.08 Å². The lowest BCUT2D eigenvalue weighted by Crippen LogP contribution is -2.48. The molecule has 8 heteroatoms. The summed E-state index contributed by atoms with van der Waals surface area (Å²) in [6.45, 7) is 0. The summed E-state index contributed by atoms with van der Waals surface area (Å²) in [6.07, 6.45) is 2.31. The lowest BCUT2D eigenvalue weighted by molar-refractivity contribution is 0.557. The van der Waals surface area contributed by atoms with Crippen molar-refractivity contribution < 1.29 is 0 Å². The first kappa shape index (κ1) is 14.7. The first-order valence-electron chi connectivity index (χ1n) is 4.91. The van der Waals surface area contributed by atoms with Gasteiger partial charge in [0, 0.05) is 11.0 Å². The third kappa shape index (κ3) is 1.27. The minimum Gasteiger partial charge on any atom is -0.110 e. The largest absolute Gasteiger partial charge is 0.186 e. The Bertz CT molecular complexity index is 514. The van der Waals surface area contributed by atoms with Crippen molar-refractivity contribution in [2.45, 2.75) is 24.3 Å². The molecule has 0 heterocycles. The molecule has 0 saturated heterocycles. The summed E-state index contributed by atoms with van der Waals surface area (Å²) in [4.78, 5) is -1.29. The molecule has 100 valence electrons. The van der Waals surface area contributed by atoms with Crippen molar-refractivity contribution in [3.63, 3.8) is 0 Å². The lowest BCUT2D eigenvalue weighted by Gasteiger charge is -2.37. The Morgan fingerprint density at radius 3 is 2.06 bits per heavy atom. The number of rotatable bonds is 0. The highest BCUT2D eigenvalue weighted by Gasteiger charge is 2.84. The van der Waals surface area contributed by atoms with Crippen molar-refractivity contribution in [3.8, 4) is 0 Å². The molecule has 0 aromatic heterocycles. The van der Waals surface area contributed by atoms with Gasteiger partial charge >= 0.3 is 0 Å². The highest BCUT2D eigenvalue weighted by molar-refractivity contribution is 6.73. The molecule has 2 fully saturated rings. The van der Waals surface area contributed by atoms with E-state index in [2.05, 4.69) is 0 Å². The summed E-state index contributed by atoms with van der Waals surface area (Å²) < 4.78 is -5.19. The van der Waals surface area contributed by atoms with Crippen LogP contribution < -0.4 is 0 Å². The number of halogens is 8. The number of hydrogen-bond acceptors (Lipinski definition) is 0. The summed E-state index contributed by atoms with van der Waals surface area (Å²) in [6, 6.07) is 0. The lowest BCUT2D eigenvalue weighted by atomic mass is 9.90. The molecule has 0 aromatic carbocycles. The van der Waals surface area contributed by atoms with Crippen LogP contribution in [0.1, 0.15) is 6.42 Å². The Morgan fingerprint density at radius 1 is 0.944 bits per heavy atom. The Hall–Kier alpha value is 1.80. The minimum absolute atomic E-state index is 0.497. The summed E-state index contributed by atoms with van der Waals surface area (Å²) in [5.41, 5.74) is 1.52. The minimum atomic E-state index is -1.83. The fourth-order valence-electron chi connectivity index (χ4n) is 2.98. The van der Waals surface area contributed by atoms with Crippen molar-refractivity contribution in [1.29, 1.82) is 0 Å². The standard InChI is InChI=1S/C10H4Cl8/c11-5-2-3-1-4(5)7(12)6(3)8(13,14)10(17,18)9(7,15)16/h2,6H,1H2. The van der Waals surface area contributed by atoms with Crippen LogP contribution in [0.15, 0.2) is 22.3 Å². The van der Waals surface area contributed by atoms with Gasteiger partial charge in [-0.2, -0.15) is 0 Å². The molecule has 0 aromatic rings. The monoisotopic (exact) mass is 404 g/mol. The second-order valence-electron chi connectivity index (χ2n) is 4.64. The molecule has 0 nitrogen and oxygen atoms in total. The van der Waals surface area contributed by atoms with Crippen LogP contribution in [0, 0.1) is 5.92 Å². The zero-order valence-corrected chi connectivity index (χ0v) is 14.4. The van der Waals surface area contributed by atoms with E-state index in [0.29, 0.717) is 17.0 Å². The summed E-state index contributed by atoms with van der Waals surface area (Å²) in [5.74, 6) is -0.572. The molecule has 18 heavy (non-hydrogen) atoms. The molecule has 0 spiro atoms. The van der Waals surface area contributed by atoms with E-state index >= 15 is 0 Å². The number of allylic oxidation sites excluding steroid dienone is 4. The van der Waals surface area contributed by atoms with Gasteiger partial charge in [0.25, 0.3) is 0 Å². The molecule has 0 N–H and O–H groups in total. The molecule has 2 unspecified atom stereocenters. The van der Waals surface area contributed by atoms with Crippen LogP contribution in [-0.2, 0) is 0 Å². The van der Waals surface area contributed by atoms with E-state index in [1.807, 2.05) is 0 Å². The van der Waals surface area contributed by atoms with Gasteiger partial charge in [0.05, 0.1) is 0 Å². The fraction of sp³-hybridized carbons (Fsp3) is 0.600. The maximum Gasteiger partial charge on any atom is 0.186 e. The zero-order chi connectivity index (χ0) is 13.7. The van der Waals surface area contributed by atoms with Gasteiger partial charge in [-0.15, -0.1) is 11.6 Å². The van der Waals surface area contributed by atoms with E-state index in [-0.39, 0.29) is 0 Å². The predicted octanol–water partition coefficient (Wildman–Crippen LogP) is 5.95. The van der Waals surface area contributed by atoms with Gasteiger partial charge in [-0.3, -0.25) is 0 Å². The average molecular weight is 408 g/mol. The Labute approximate surface area is 144 Å². The van der Waals surface area contributed by atoms with Crippen LogP contribution in [-0.4, -0.2) is 17.9 Å². The third-order valence-corrected chi connectivity index (χ3v) is 9.19. The van der Waals surface area contributed by atoms with Crippen molar-refractivity contribution in [2.75, 3.05) is 0 Å². The highest BCUT2D eigenvalue weighted by Crippen LogP contribution is 2.79. The van der Waals surface area contributed by atoms with Gasteiger partial charge in [0.1, 0.15) is 4.87 Å². The smallest absolute Gasteiger partial charge is 0.110 e. The molecule has 2 saturated carbocycles. The summed E-state index contributed by atoms with van der Waals surface area (Å²) >= 11 is 50.4. The van der Waals surface area contributed by atoms with Gasteiger partial charge in [-0.05, 0) is 18.1 Å². The number of hydrogen-bond donors (Lipinski definition) is 0. The van der Waals surface area contributed by atoms with E-state index in [9.17, 15) is 0 Å². The molecule has 0 amide bonds. The zero-order valence-electron chi connectivity index (χ0n) is 8.39. The van der Waals surface area contributed by atoms with Gasteiger partial charge in [-0.25, -0.2) is 0 Å². The number of alkyl halides is 7. The Balaban J connectivity index is 2.32. The first-order valence-corrected chi connectivity index (χ1v) is 7.94. The molecule has 3 aliphatic rings. The molecule has 3 rings (SSSR count). The second-order valence-corrected chi connectivity index (χ2v) is 9.68. The topological polar surface area (TPSA) is 0 Å². The van der Waals surface area contributed by atoms with Crippen LogP contribution in [0.2, 0.25) is 0 Å². The SMILES string of the molecule is ClC1=C2CC(=C1)C1C(Cl)(Cl)C(Cl)(Cl)C(Cl)(Cl)C21Cl. The van der Waals surface area contributed by atoms with Crippen LogP contribution >= 0.6 is 92.8 Å². The maximum absolute atomic E-state index is 6.64. The average Bonchev–Trinajstić information content (AvgIpc) is 2.73. The quantitative estimate of drug-likeness (QED) is 0.435. The van der Waals surface area contributed by atoms with Gasteiger partial charge in [0.15, 0.2) is 13.0 Å². The maximum atomic E-state index is 6.64. The van der Waals surface area contributed by atoms with Crippen molar-refractivity contribution in [2.24, 2.45) is 5.92 Å². The normalized spacial score (nSPS) is 42.2. The van der Waals surface area contributed by atoms with Gasteiger partial charge in [0.2, 0.25) is 0 Å². The molecular formula is C10H4Cl8. The summed E-state index contributed by atoms with van der Waals surface area (Å²) in [7, 11) is 0. The van der Waals surface area contributed by atoms with Gasteiger partial charge < -0.3 is 0 Å². The van der Waals surface area contributed by atoms with E-state index in [0.717, 1.165) is 5.57 Å². The van der Waals surface area contributed by atoms with Crippen molar-refractivity contribution in [3.05, 3.63) is 22.3 Å². The second kappa shape index (κ2) is 3.76. The molecule has 3 aliphatic carbocycles. The summed E-state index contributed by atoms with van der Waals surface area (Å²) in [5, 5.41) is 0.497. The molecular weight excluding hydrogens is 404 g/mol. The highest BCUT2D eigenvalue weighted by atomic mass is 35.5. The van der Waals surface area contributed by atoms with Gasteiger partial charge in [-0.1, -0.05) is 86.8 Å². The third-order valence-electron chi connectivity index (χ3n) is 3.82. The van der Waals surface area contributed by atoms with Crippen LogP contribution in [0.25, 0.3) is 0 Å². The molecule has 0 aliphatic heterocycles. The van der Waals surface area contributed by atoms with Crippen LogP contribution in [0.5, 0.6) is 0 Å². The van der Waals surface area contributed by atoms with Crippen molar-refractivity contribution >= 4 is 92.8 Å². The molecule has 2 bridgehead atoms. The van der Waals surface area contributed by atoms with E-state index in [1.165, 1.54) is 0 Å². The van der Waals surface area contributed by atoms with E-state index in [4.69, 9.17) is 92.8 Å². The molecule has 0 radical (unpaired) electrons. The Morgan fingerprint density at radius 2 is 1.50 bits per heavy atom. The first-order chi connectivity index (χ1) is 7.99. The Kier molecular flexibility index (Phi) is 3.08. The predicted molar refractivity (Wildman–Crippen MR) is 81.0 cm³/mol. The van der Waals surface area contributed by atoms with E-state index < -0.39 is 23.8 Å².